The summed E-state index contributed by atoms with van der Waals surface area (Å²) < 4.78 is 0. The number of aliphatic hydroxyl groups is 1. The highest BCUT2D eigenvalue weighted by molar-refractivity contribution is 5.65. The zero-order valence-electron chi connectivity index (χ0n) is 10.9. The lowest BCUT2D eigenvalue weighted by molar-refractivity contribution is 0.282. The number of aliphatic hydroxyl groups excluding tert-OH is 1. The quantitative estimate of drug-likeness (QED) is 0.885. The van der Waals surface area contributed by atoms with E-state index >= 15 is 0 Å². The van der Waals surface area contributed by atoms with Crippen molar-refractivity contribution in [2.45, 2.75) is 20.0 Å². The molecule has 2 rings (SSSR count). The second-order valence-corrected chi connectivity index (χ2v) is 4.37. The molecule has 0 heterocycles. The molecule has 0 radical (unpaired) electrons. The van der Waals surface area contributed by atoms with E-state index in [9.17, 15) is 5.11 Å². The molecule has 0 aliphatic carbocycles. The lowest BCUT2D eigenvalue weighted by atomic mass is 10.1. The molecule has 0 saturated carbocycles. The molecule has 0 unspecified atom stereocenters. The fraction of sp³-hybridized carbons (Fsp3) is 0.250. The van der Waals surface area contributed by atoms with Gasteiger partial charge in [0, 0.05) is 24.0 Å². The van der Waals surface area contributed by atoms with Gasteiger partial charge in [0.05, 0.1) is 6.61 Å². The maximum absolute atomic E-state index is 9.37. The van der Waals surface area contributed by atoms with Crippen molar-refractivity contribution in [2.24, 2.45) is 0 Å². The van der Waals surface area contributed by atoms with Gasteiger partial charge in [-0.2, -0.15) is 0 Å². The van der Waals surface area contributed by atoms with Crippen molar-refractivity contribution in [2.75, 3.05) is 11.9 Å². The molecule has 94 valence electrons. The van der Waals surface area contributed by atoms with Gasteiger partial charge in [-0.1, -0.05) is 37.3 Å². The number of anilines is 2. The monoisotopic (exact) mass is 241 g/mol. The van der Waals surface area contributed by atoms with Crippen LogP contribution in [-0.2, 0) is 13.0 Å². The third-order valence-corrected chi connectivity index (χ3v) is 3.26. The van der Waals surface area contributed by atoms with Crippen molar-refractivity contribution in [3.05, 3.63) is 59.7 Å². The number of para-hydroxylation sites is 1. The summed E-state index contributed by atoms with van der Waals surface area (Å²) in [5.41, 5.74) is 4.46. The lowest BCUT2D eigenvalue weighted by Crippen LogP contribution is -2.11. The van der Waals surface area contributed by atoms with E-state index in [0.717, 1.165) is 23.4 Å². The molecule has 0 spiro atoms. The first kappa shape index (κ1) is 12.7. The van der Waals surface area contributed by atoms with Gasteiger partial charge in [0.1, 0.15) is 0 Å². The first-order chi connectivity index (χ1) is 8.76. The minimum Gasteiger partial charge on any atom is -0.392 e. The molecular formula is C16H19NO. The van der Waals surface area contributed by atoms with Crippen molar-refractivity contribution in [3.63, 3.8) is 0 Å². The lowest BCUT2D eigenvalue weighted by Gasteiger charge is -2.22. The van der Waals surface area contributed by atoms with E-state index in [-0.39, 0.29) is 6.61 Å². The number of hydrogen-bond acceptors (Lipinski definition) is 2. The van der Waals surface area contributed by atoms with Gasteiger partial charge in [0.25, 0.3) is 0 Å². The van der Waals surface area contributed by atoms with E-state index in [2.05, 4.69) is 36.1 Å². The van der Waals surface area contributed by atoms with E-state index in [1.807, 2.05) is 31.3 Å². The van der Waals surface area contributed by atoms with Gasteiger partial charge in [-0.05, 0) is 30.2 Å². The van der Waals surface area contributed by atoms with Gasteiger partial charge in [-0.25, -0.2) is 0 Å². The van der Waals surface area contributed by atoms with Gasteiger partial charge in [-0.15, -0.1) is 0 Å². The Hall–Kier alpha value is -1.80. The fourth-order valence-corrected chi connectivity index (χ4v) is 2.07. The number of rotatable bonds is 4. The summed E-state index contributed by atoms with van der Waals surface area (Å²) in [6.07, 6.45) is 1.05. The van der Waals surface area contributed by atoms with Crippen LogP contribution >= 0.6 is 0 Å². The van der Waals surface area contributed by atoms with E-state index in [1.54, 1.807) is 0 Å². The topological polar surface area (TPSA) is 23.5 Å². The summed E-state index contributed by atoms with van der Waals surface area (Å²) in [4.78, 5) is 2.10. The van der Waals surface area contributed by atoms with Crippen molar-refractivity contribution in [3.8, 4) is 0 Å². The van der Waals surface area contributed by atoms with Crippen LogP contribution < -0.4 is 4.90 Å². The zero-order valence-corrected chi connectivity index (χ0v) is 10.9. The number of benzene rings is 2. The molecular weight excluding hydrogens is 222 g/mol. The van der Waals surface area contributed by atoms with Crippen LogP contribution in [0.5, 0.6) is 0 Å². The van der Waals surface area contributed by atoms with Crippen LogP contribution in [0.4, 0.5) is 11.4 Å². The van der Waals surface area contributed by atoms with Crippen LogP contribution in [0.25, 0.3) is 0 Å². The predicted molar refractivity (Wildman–Crippen MR) is 76.2 cm³/mol. The Morgan fingerprint density at radius 1 is 1.00 bits per heavy atom. The molecule has 0 bridgehead atoms. The van der Waals surface area contributed by atoms with Gasteiger partial charge < -0.3 is 10.0 Å². The summed E-state index contributed by atoms with van der Waals surface area (Å²) in [7, 11) is 2.02. The molecule has 2 nitrogen and oxygen atoms in total. The summed E-state index contributed by atoms with van der Waals surface area (Å²) in [5, 5.41) is 9.37. The molecule has 0 aliphatic rings. The maximum Gasteiger partial charge on any atom is 0.0702 e. The summed E-state index contributed by atoms with van der Waals surface area (Å²) in [6, 6.07) is 16.4. The van der Waals surface area contributed by atoms with E-state index < -0.39 is 0 Å². The molecule has 2 heteroatoms. The van der Waals surface area contributed by atoms with E-state index in [4.69, 9.17) is 0 Å². The molecule has 0 fully saturated rings. The Labute approximate surface area is 109 Å². The highest BCUT2D eigenvalue weighted by Gasteiger charge is 2.07. The average molecular weight is 241 g/mol. The molecule has 0 saturated heterocycles. The van der Waals surface area contributed by atoms with E-state index in [1.165, 1.54) is 5.56 Å². The molecule has 18 heavy (non-hydrogen) atoms. The molecule has 0 amide bonds. The highest BCUT2D eigenvalue weighted by atomic mass is 16.3. The molecule has 0 aliphatic heterocycles. The fourth-order valence-electron chi connectivity index (χ4n) is 2.07. The van der Waals surface area contributed by atoms with Crippen LogP contribution in [0.2, 0.25) is 0 Å². The Bertz CT molecular complexity index is 505. The predicted octanol–water partition coefficient (Wildman–Crippen LogP) is 3.51. The van der Waals surface area contributed by atoms with Crippen molar-refractivity contribution >= 4 is 11.4 Å². The van der Waals surface area contributed by atoms with Crippen molar-refractivity contribution < 1.29 is 5.11 Å². The van der Waals surface area contributed by atoms with Crippen LogP contribution in [0.1, 0.15) is 18.1 Å². The Balaban J connectivity index is 2.31. The first-order valence-corrected chi connectivity index (χ1v) is 6.27. The van der Waals surface area contributed by atoms with Gasteiger partial charge >= 0.3 is 0 Å². The maximum atomic E-state index is 9.37. The molecule has 0 atom stereocenters. The van der Waals surface area contributed by atoms with E-state index in [0.29, 0.717) is 0 Å². The molecule has 2 aromatic carbocycles. The number of hydrogen-bond donors (Lipinski definition) is 1. The third-order valence-electron chi connectivity index (χ3n) is 3.26. The standard InChI is InChI=1S/C16H19NO/c1-3-13-8-10-15(11-9-13)17(2)16-7-5-4-6-14(16)12-18/h4-11,18H,3,12H2,1-2H3. The molecule has 2 aromatic rings. The largest absolute Gasteiger partial charge is 0.392 e. The Morgan fingerprint density at radius 3 is 2.28 bits per heavy atom. The SMILES string of the molecule is CCc1ccc(N(C)c2ccccc2CO)cc1. The number of nitrogens with zero attached hydrogens (tertiary/aromatic N) is 1. The first-order valence-electron chi connectivity index (χ1n) is 6.27. The van der Waals surface area contributed by atoms with Gasteiger partial charge in [0.15, 0.2) is 0 Å². The second-order valence-electron chi connectivity index (χ2n) is 4.37. The summed E-state index contributed by atoms with van der Waals surface area (Å²) >= 11 is 0. The summed E-state index contributed by atoms with van der Waals surface area (Å²) in [5.74, 6) is 0. The van der Waals surface area contributed by atoms with Gasteiger partial charge in [-0.3, -0.25) is 0 Å². The highest BCUT2D eigenvalue weighted by Crippen LogP contribution is 2.27. The Kier molecular flexibility index (Phi) is 4.00. The molecule has 1 N–H and O–H groups in total. The average Bonchev–Trinajstić information content (AvgIpc) is 2.46. The normalized spacial score (nSPS) is 10.4. The molecule has 0 aromatic heterocycles. The minimum absolute atomic E-state index is 0.0631. The number of aryl methyl sites for hydroxylation is 1. The Morgan fingerprint density at radius 2 is 1.67 bits per heavy atom. The third kappa shape index (κ3) is 2.54. The van der Waals surface area contributed by atoms with Crippen LogP contribution in [0.15, 0.2) is 48.5 Å². The zero-order chi connectivity index (χ0) is 13.0. The minimum atomic E-state index is 0.0631. The second kappa shape index (κ2) is 5.69. The summed E-state index contributed by atoms with van der Waals surface area (Å²) in [6.45, 7) is 2.22. The van der Waals surface area contributed by atoms with Crippen LogP contribution in [-0.4, -0.2) is 12.2 Å². The van der Waals surface area contributed by atoms with Crippen molar-refractivity contribution in [1.82, 2.24) is 0 Å². The van der Waals surface area contributed by atoms with Crippen molar-refractivity contribution in [1.29, 1.82) is 0 Å². The van der Waals surface area contributed by atoms with Crippen LogP contribution in [0, 0.1) is 0 Å². The van der Waals surface area contributed by atoms with Gasteiger partial charge in [0.2, 0.25) is 0 Å². The van der Waals surface area contributed by atoms with Crippen LogP contribution in [0.3, 0.4) is 0 Å². The smallest absolute Gasteiger partial charge is 0.0702 e.